The molecule has 2 heterocycles. The number of benzene rings is 2. The molecule has 0 unspecified atom stereocenters. The number of rotatable bonds is 5. The summed E-state index contributed by atoms with van der Waals surface area (Å²) in [4.78, 5) is 15.4. The minimum absolute atomic E-state index is 0.179. The average molecular weight is 460 g/mol. The summed E-state index contributed by atoms with van der Waals surface area (Å²) < 4.78 is 41.2. The number of halogens is 1. The number of carbonyl (C=O) groups is 1. The van der Waals surface area contributed by atoms with Crippen LogP contribution in [-0.2, 0) is 14.8 Å². The molecule has 0 atom stereocenters. The van der Waals surface area contributed by atoms with E-state index >= 15 is 0 Å². The Labute approximate surface area is 189 Å². The molecule has 8 heteroatoms. The third-order valence-corrected chi connectivity index (χ3v) is 8.31. The Balaban J connectivity index is 1.41. The van der Waals surface area contributed by atoms with Gasteiger partial charge in [-0.1, -0.05) is 17.7 Å². The maximum atomic E-state index is 13.9. The highest BCUT2D eigenvalue weighted by Crippen LogP contribution is 2.31. The predicted octanol–water partition coefficient (Wildman–Crippen LogP) is 4.16. The van der Waals surface area contributed by atoms with Gasteiger partial charge in [0.15, 0.2) is 0 Å². The zero-order valence-electron chi connectivity index (χ0n) is 18.4. The van der Waals surface area contributed by atoms with E-state index in [9.17, 15) is 17.6 Å². The molecule has 2 fully saturated rings. The molecule has 1 N–H and O–H groups in total. The van der Waals surface area contributed by atoms with Crippen molar-refractivity contribution < 1.29 is 17.6 Å². The van der Waals surface area contributed by atoms with E-state index in [1.807, 2.05) is 6.92 Å². The molecule has 0 radical (unpaired) electrons. The number of piperidine rings is 2. The molecular formula is C24H30FN3O3S. The number of nitrogens with one attached hydrogen (secondary N) is 1. The summed E-state index contributed by atoms with van der Waals surface area (Å²) in [5.74, 6) is -0.877. The van der Waals surface area contributed by atoms with E-state index in [1.54, 1.807) is 30.3 Å². The van der Waals surface area contributed by atoms with Crippen LogP contribution in [-0.4, -0.2) is 44.8 Å². The van der Waals surface area contributed by atoms with Crippen molar-refractivity contribution in [3.63, 3.8) is 0 Å². The lowest BCUT2D eigenvalue weighted by Gasteiger charge is -2.32. The zero-order valence-corrected chi connectivity index (χ0v) is 19.2. The summed E-state index contributed by atoms with van der Waals surface area (Å²) in [5, 5.41) is 2.92. The van der Waals surface area contributed by atoms with Crippen LogP contribution in [0.25, 0.3) is 0 Å². The van der Waals surface area contributed by atoms with Gasteiger partial charge in [0.05, 0.1) is 16.3 Å². The highest BCUT2D eigenvalue weighted by atomic mass is 32.2. The highest BCUT2D eigenvalue weighted by Gasteiger charge is 2.32. The minimum atomic E-state index is -3.57. The van der Waals surface area contributed by atoms with Crippen LogP contribution in [0.3, 0.4) is 0 Å². The van der Waals surface area contributed by atoms with E-state index in [0.717, 1.165) is 37.2 Å². The molecular weight excluding hydrogens is 429 g/mol. The average Bonchev–Trinajstić information content (AvgIpc) is 2.80. The van der Waals surface area contributed by atoms with Crippen LogP contribution in [0.4, 0.5) is 15.8 Å². The largest absolute Gasteiger partial charge is 0.370 e. The lowest BCUT2D eigenvalue weighted by Crippen LogP contribution is -2.41. The first-order chi connectivity index (χ1) is 15.3. The standard InChI is InChI=1S/C24H30FN3O3S/c1-18-5-8-21(9-6-18)32(30,31)28-15-11-19(12-16-28)24(29)26-22-17-20(25)7-10-23(22)27-13-3-2-4-14-27/h5-10,17,19H,2-4,11-16H2,1H3,(H,26,29). The number of hydrogen-bond donors (Lipinski definition) is 1. The first kappa shape index (κ1) is 22.7. The molecule has 0 aliphatic carbocycles. The second-order valence-corrected chi connectivity index (χ2v) is 10.6. The number of sulfonamides is 1. The Morgan fingerprint density at radius 2 is 1.62 bits per heavy atom. The third kappa shape index (κ3) is 4.96. The Kier molecular flexibility index (Phi) is 6.81. The summed E-state index contributed by atoms with van der Waals surface area (Å²) in [6.45, 7) is 4.27. The normalized spacial score (nSPS) is 18.5. The third-order valence-electron chi connectivity index (χ3n) is 6.40. The molecule has 1 amide bonds. The lowest BCUT2D eigenvalue weighted by molar-refractivity contribution is -0.120. The summed E-state index contributed by atoms with van der Waals surface area (Å²) in [5.41, 5.74) is 2.34. The van der Waals surface area contributed by atoms with Gasteiger partial charge in [0.25, 0.3) is 0 Å². The van der Waals surface area contributed by atoms with Gasteiger partial charge in [0.1, 0.15) is 5.82 Å². The molecule has 2 aliphatic heterocycles. The number of amides is 1. The monoisotopic (exact) mass is 459 g/mol. The van der Waals surface area contributed by atoms with E-state index in [4.69, 9.17) is 0 Å². The van der Waals surface area contributed by atoms with Crippen molar-refractivity contribution in [1.29, 1.82) is 0 Å². The van der Waals surface area contributed by atoms with Gasteiger partial charge in [-0.05, 0) is 69.4 Å². The summed E-state index contributed by atoms with van der Waals surface area (Å²) in [6, 6.07) is 11.3. The summed E-state index contributed by atoms with van der Waals surface area (Å²) >= 11 is 0. The fraction of sp³-hybridized carbons (Fsp3) is 0.458. The van der Waals surface area contributed by atoms with Crippen molar-refractivity contribution in [3.8, 4) is 0 Å². The molecule has 0 bridgehead atoms. The summed E-state index contributed by atoms with van der Waals surface area (Å²) in [6.07, 6.45) is 4.22. The number of nitrogens with zero attached hydrogens (tertiary/aromatic N) is 2. The van der Waals surface area contributed by atoms with Crippen LogP contribution in [0, 0.1) is 18.7 Å². The van der Waals surface area contributed by atoms with Crippen molar-refractivity contribution in [3.05, 3.63) is 53.8 Å². The molecule has 2 aliphatic rings. The second-order valence-electron chi connectivity index (χ2n) is 8.69. The van der Waals surface area contributed by atoms with Crippen molar-refractivity contribution in [1.82, 2.24) is 4.31 Å². The van der Waals surface area contributed by atoms with Gasteiger partial charge < -0.3 is 10.2 Å². The highest BCUT2D eigenvalue weighted by molar-refractivity contribution is 7.89. The maximum Gasteiger partial charge on any atom is 0.243 e. The zero-order chi connectivity index (χ0) is 22.7. The molecule has 0 saturated carbocycles. The minimum Gasteiger partial charge on any atom is -0.370 e. The fourth-order valence-electron chi connectivity index (χ4n) is 4.47. The molecule has 32 heavy (non-hydrogen) atoms. The van der Waals surface area contributed by atoms with Crippen LogP contribution in [0.5, 0.6) is 0 Å². The first-order valence-corrected chi connectivity index (χ1v) is 12.7. The van der Waals surface area contributed by atoms with Gasteiger partial charge in [-0.2, -0.15) is 4.31 Å². The van der Waals surface area contributed by atoms with Crippen LogP contribution in [0.1, 0.15) is 37.7 Å². The van der Waals surface area contributed by atoms with E-state index in [-0.39, 0.29) is 35.6 Å². The number of carbonyl (C=O) groups excluding carboxylic acids is 1. The topological polar surface area (TPSA) is 69.7 Å². The van der Waals surface area contributed by atoms with Gasteiger partial charge >= 0.3 is 0 Å². The molecule has 0 aromatic heterocycles. The van der Waals surface area contributed by atoms with Gasteiger partial charge in [0, 0.05) is 32.1 Å². The molecule has 4 rings (SSSR count). The van der Waals surface area contributed by atoms with E-state index in [0.29, 0.717) is 18.5 Å². The van der Waals surface area contributed by atoms with Gasteiger partial charge in [-0.3, -0.25) is 4.79 Å². The SMILES string of the molecule is Cc1ccc(S(=O)(=O)N2CCC(C(=O)Nc3cc(F)ccc3N3CCCCC3)CC2)cc1. The summed E-state index contributed by atoms with van der Waals surface area (Å²) in [7, 11) is -3.57. The van der Waals surface area contributed by atoms with Crippen LogP contribution < -0.4 is 10.2 Å². The van der Waals surface area contributed by atoms with E-state index in [2.05, 4.69) is 10.2 Å². The van der Waals surface area contributed by atoms with Gasteiger partial charge in [0.2, 0.25) is 15.9 Å². The number of hydrogen-bond acceptors (Lipinski definition) is 4. The molecule has 2 aromatic carbocycles. The van der Waals surface area contributed by atoms with Gasteiger partial charge in [-0.25, -0.2) is 12.8 Å². The van der Waals surface area contributed by atoms with Gasteiger partial charge in [-0.15, -0.1) is 0 Å². The quantitative estimate of drug-likeness (QED) is 0.729. The van der Waals surface area contributed by atoms with Crippen molar-refractivity contribution in [2.45, 2.75) is 43.9 Å². The predicted molar refractivity (Wildman–Crippen MR) is 124 cm³/mol. The van der Waals surface area contributed by atoms with E-state index in [1.165, 1.54) is 22.9 Å². The Bertz CT molecular complexity index is 1060. The van der Waals surface area contributed by atoms with Crippen molar-refractivity contribution in [2.75, 3.05) is 36.4 Å². The van der Waals surface area contributed by atoms with Crippen LogP contribution >= 0.6 is 0 Å². The lowest BCUT2D eigenvalue weighted by atomic mass is 9.97. The maximum absolute atomic E-state index is 13.9. The molecule has 172 valence electrons. The first-order valence-electron chi connectivity index (χ1n) is 11.3. The fourth-order valence-corrected chi connectivity index (χ4v) is 5.94. The number of aryl methyl sites for hydroxylation is 1. The molecule has 2 aromatic rings. The van der Waals surface area contributed by atoms with E-state index < -0.39 is 10.0 Å². The van der Waals surface area contributed by atoms with Crippen LogP contribution in [0.15, 0.2) is 47.4 Å². The molecule has 6 nitrogen and oxygen atoms in total. The Morgan fingerprint density at radius 3 is 2.28 bits per heavy atom. The second kappa shape index (κ2) is 9.58. The number of anilines is 2. The molecule has 0 spiro atoms. The Morgan fingerprint density at radius 1 is 0.969 bits per heavy atom. The molecule has 2 saturated heterocycles. The van der Waals surface area contributed by atoms with Crippen LogP contribution in [0.2, 0.25) is 0 Å². The Hall–Kier alpha value is -2.45. The van der Waals surface area contributed by atoms with Crippen molar-refractivity contribution in [2.24, 2.45) is 5.92 Å². The van der Waals surface area contributed by atoms with Crippen molar-refractivity contribution >= 4 is 27.3 Å². The smallest absolute Gasteiger partial charge is 0.243 e.